The lowest BCUT2D eigenvalue weighted by molar-refractivity contribution is -0.136. The molecule has 2 N–H and O–H groups in total. The predicted octanol–water partition coefficient (Wildman–Crippen LogP) is 3.52. The second-order valence-electron chi connectivity index (χ2n) is 5.50. The summed E-state index contributed by atoms with van der Waals surface area (Å²) in [5, 5.41) is 5.22. The molecule has 1 aromatic rings. The highest BCUT2D eigenvalue weighted by Crippen LogP contribution is 2.37. The van der Waals surface area contributed by atoms with Crippen LogP contribution in [0.25, 0.3) is 0 Å². The molecule has 0 aliphatic heterocycles. The molecule has 0 spiro atoms. The summed E-state index contributed by atoms with van der Waals surface area (Å²) in [6.45, 7) is 2.53. The summed E-state index contributed by atoms with van der Waals surface area (Å²) in [4.78, 5) is 12.1. The third kappa shape index (κ3) is 3.68. The number of carbonyl (C=O) groups excluding carboxylic acids is 1. The first kappa shape index (κ1) is 15.7. The van der Waals surface area contributed by atoms with E-state index in [9.17, 15) is 18.0 Å². The molecular formula is C15H19F3N2O. The van der Waals surface area contributed by atoms with E-state index >= 15 is 0 Å². The highest BCUT2D eigenvalue weighted by atomic mass is 19.4. The Balaban J connectivity index is 2.16. The number of nitrogens with one attached hydrogen (secondary N) is 2. The molecule has 1 atom stereocenters. The number of amides is 1. The van der Waals surface area contributed by atoms with Crippen molar-refractivity contribution >= 4 is 11.6 Å². The SMILES string of the molecule is CNc1c(C(=O)NCC(C)C2CC2)cccc1C(F)(F)F. The van der Waals surface area contributed by atoms with Crippen LogP contribution >= 0.6 is 0 Å². The number of hydrogen-bond donors (Lipinski definition) is 2. The Hall–Kier alpha value is -1.72. The number of rotatable bonds is 5. The molecule has 1 unspecified atom stereocenters. The van der Waals surface area contributed by atoms with Crippen LogP contribution in [-0.2, 0) is 6.18 Å². The second kappa shape index (κ2) is 5.95. The van der Waals surface area contributed by atoms with E-state index in [0.717, 1.165) is 6.07 Å². The summed E-state index contributed by atoms with van der Waals surface area (Å²) in [7, 11) is 1.38. The Labute approximate surface area is 121 Å². The first-order valence-corrected chi connectivity index (χ1v) is 7.00. The van der Waals surface area contributed by atoms with Crippen molar-refractivity contribution < 1.29 is 18.0 Å². The average molecular weight is 300 g/mol. The molecule has 6 heteroatoms. The van der Waals surface area contributed by atoms with Gasteiger partial charge < -0.3 is 10.6 Å². The number of carbonyl (C=O) groups is 1. The fraction of sp³-hybridized carbons (Fsp3) is 0.533. The molecule has 1 aromatic carbocycles. The molecule has 0 saturated heterocycles. The summed E-state index contributed by atoms with van der Waals surface area (Å²) in [5.41, 5.74) is -0.982. The third-order valence-electron chi connectivity index (χ3n) is 3.88. The predicted molar refractivity (Wildman–Crippen MR) is 75.2 cm³/mol. The second-order valence-corrected chi connectivity index (χ2v) is 5.50. The van der Waals surface area contributed by atoms with E-state index in [4.69, 9.17) is 0 Å². The van der Waals surface area contributed by atoms with Gasteiger partial charge in [-0.05, 0) is 36.8 Å². The van der Waals surface area contributed by atoms with E-state index in [2.05, 4.69) is 10.6 Å². The van der Waals surface area contributed by atoms with Gasteiger partial charge in [0.05, 0.1) is 16.8 Å². The summed E-state index contributed by atoms with van der Waals surface area (Å²) < 4.78 is 38.8. The van der Waals surface area contributed by atoms with E-state index in [0.29, 0.717) is 18.4 Å². The lowest BCUT2D eigenvalue weighted by Gasteiger charge is -2.17. The van der Waals surface area contributed by atoms with E-state index < -0.39 is 17.6 Å². The maximum Gasteiger partial charge on any atom is 0.418 e. The van der Waals surface area contributed by atoms with Crippen LogP contribution in [-0.4, -0.2) is 19.5 Å². The van der Waals surface area contributed by atoms with Gasteiger partial charge in [-0.2, -0.15) is 13.2 Å². The number of benzene rings is 1. The minimum absolute atomic E-state index is 0.0234. The maximum atomic E-state index is 12.9. The van der Waals surface area contributed by atoms with Crippen LogP contribution < -0.4 is 10.6 Å². The van der Waals surface area contributed by atoms with Crippen molar-refractivity contribution in [2.45, 2.75) is 25.9 Å². The summed E-state index contributed by atoms with van der Waals surface area (Å²) >= 11 is 0. The number of para-hydroxylation sites is 1. The first-order valence-electron chi connectivity index (χ1n) is 7.00. The molecular weight excluding hydrogens is 281 g/mol. The van der Waals surface area contributed by atoms with Crippen molar-refractivity contribution in [3.8, 4) is 0 Å². The third-order valence-corrected chi connectivity index (χ3v) is 3.88. The van der Waals surface area contributed by atoms with Crippen LogP contribution in [0.15, 0.2) is 18.2 Å². The molecule has 3 nitrogen and oxygen atoms in total. The normalized spacial score (nSPS) is 16.4. The molecule has 1 amide bonds. The van der Waals surface area contributed by atoms with E-state index in [1.54, 1.807) is 0 Å². The zero-order chi connectivity index (χ0) is 15.6. The summed E-state index contributed by atoms with van der Waals surface area (Å²) in [5.74, 6) is 0.520. The highest BCUT2D eigenvalue weighted by Gasteiger charge is 2.35. The Morgan fingerprint density at radius 2 is 2.05 bits per heavy atom. The number of hydrogen-bond acceptors (Lipinski definition) is 2. The lowest BCUT2D eigenvalue weighted by Crippen LogP contribution is -2.30. The molecule has 21 heavy (non-hydrogen) atoms. The van der Waals surface area contributed by atoms with E-state index in [1.807, 2.05) is 6.92 Å². The van der Waals surface area contributed by atoms with Crippen LogP contribution in [0.4, 0.5) is 18.9 Å². The average Bonchev–Trinajstić information content (AvgIpc) is 3.27. The van der Waals surface area contributed by atoms with Gasteiger partial charge >= 0.3 is 6.18 Å². The van der Waals surface area contributed by atoms with Crippen LogP contribution in [0, 0.1) is 11.8 Å². The Morgan fingerprint density at radius 3 is 2.57 bits per heavy atom. The van der Waals surface area contributed by atoms with Gasteiger partial charge in [-0.25, -0.2) is 0 Å². The first-order chi connectivity index (χ1) is 9.84. The van der Waals surface area contributed by atoms with Gasteiger partial charge in [0.15, 0.2) is 0 Å². The molecule has 0 aromatic heterocycles. The summed E-state index contributed by atoms with van der Waals surface area (Å²) in [6.07, 6.45) is -2.15. The number of anilines is 1. The van der Waals surface area contributed by atoms with Gasteiger partial charge in [0.2, 0.25) is 0 Å². The molecule has 116 valence electrons. The molecule has 0 heterocycles. The van der Waals surface area contributed by atoms with Crippen LogP contribution in [0.2, 0.25) is 0 Å². The molecule has 1 fully saturated rings. The minimum atomic E-state index is -4.49. The largest absolute Gasteiger partial charge is 0.418 e. The topological polar surface area (TPSA) is 41.1 Å². The quantitative estimate of drug-likeness (QED) is 0.873. The van der Waals surface area contributed by atoms with Crippen LogP contribution in [0.3, 0.4) is 0 Å². The smallest absolute Gasteiger partial charge is 0.387 e. The van der Waals surface area contributed by atoms with Crippen LogP contribution in [0.1, 0.15) is 35.7 Å². The monoisotopic (exact) mass is 300 g/mol. The van der Waals surface area contributed by atoms with Crippen molar-refractivity contribution in [2.24, 2.45) is 11.8 Å². The molecule has 0 bridgehead atoms. The summed E-state index contributed by atoms with van der Waals surface area (Å²) in [6, 6.07) is 3.62. The zero-order valence-electron chi connectivity index (χ0n) is 12.1. The van der Waals surface area contributed by atoms with Gasteiger partial charge in [0.1, 0.15) is 0 Å². The van der Waals surface area contributed by atoms with Crippen molar-refractivity contribution in [1.82, 2.24) is 5.32 Å². The van der Waals surface area contributed by atoms with Crippen LogP contribution in [0.5, 0.6) is 0 Å². The molecule has 2 rings (SSSR count). The Morgan fingerprint density at radius 1 is 1.38 bits per heavy atom. The Bertz CT molecular complexity index is 524. The molecule has 1 aliphatic rings. The standard InChI is InChI=1S/C15H19F3N2O/c1-9(10-6-7-10)8-20-14(21)11-4-3-5-12(13(11)19-2)15(16,17)18/h3-5,9-10,19H,6-8H2,1-2H3,(H,20,21). The molecule has 0 radical (unpaired) electrons. The van der Waals surface area contributed by atoms with Gasteiger partial charge in [-0.15, -0.1) is 0 Å². The van der Waals surface area contributed by atoms with Gasteiger partial charge in [-0.3, -0.25) is 4.79 Å². The van der Waals surface area contributed by atoms with Crippen molar-refractivity contribution in [2.75, 3.05) is 18.9 Å². The molecule has 1 saturated carbocycles. The van der Waals surface area contributed by atoms with Crippen molar-refractivity contribution in [1.29, 1.82) is 0 Å². The number of halogens is 3. The lowest BCUT2D eigenvalue weighted by atomic mass is 10.0. The fourth-order valence-corrected chi connectivity index (χ4v) is 2.43. The van der Waals surface area contributed by atoms with E-state index in [1.165, 1.54) is 32.0 Å². The maximum absolute atomic E-state index is 12.9. The van der Waals surface area contributed by atoms with Crippen molar-refractivity contribution in [3.63, 3.8) is 0 Å². The van der Waals surface area contributed by atoms with Crippen molar-refractivity contribution in [3.05, 3.63) is 29.3 Å². The van der Waals surface area contributed by atoms with Gasteiger partial charge in [-0.1, -0.05) is 13.0 Å². The van der Waals surface area contributed by atoms with E-state index in [-0.39, 0.29) is 11.3 Å². The van der Waals surface area contributed by atoms with Gasteiger partial charge in [0, 0.05) is 13.6 Å². The Kier molecular flexibility index (Phi) is 4.44. The highest BCUT2D eigenvalue weighted by molar-refractivity contribution is 6.00. The van der Waals surface area contributed by atoms with Gasteiger partial charge in [0.25, 0.3) is 5.91 Å². The fourth-order valence-electron chi connectivity index (χ4n) is 2.43. The zero-order valence-corrected chi connectivity index (χ0v) is 12.1. The minimum Gasteiger partial charge on any atom is -0.387 e. The molecule has 1 aliphatic carbocycles. The number of alkyl halides is 3.